The van der Waals surface area contributed by atoms with E-state index in [0.29, 0.717) is 0 Å². The van der Waals surface area contributed by atoms with Crippen molar-refractivity contribution < 1.29 is 0 Å². The second-order valence-electron chi connectivity index (χ2n) is 7.26. The van der Waals surface area contributed by atoms with E-state index in [4.69, 9.17) is 11.6 Å². The molecule has 1 atom stereocenters. The van der Waals surface area contributed by atoms with Gasteiger partial charge >= 0.3 is 0 Å². The predicted octanol–water partition coefficient (Wildman–Crippen LogP) is 5.12. The van der Waals surface area contributed by atoms with E-state index in [1.807, 2.05) is 17.8 Å². The molecule has 1 fully saturated rings. The fourth-order valence-corrected chi connectivity index (χ4v) is 5.37. The number of hydrogen-bond acceptors (Lipinski definition) is 4. The number of anilines is 1. The lowest BCUT2D eigenvalue weighted by molar-refractivity contribution is 0.0545. The molecule has 3 nitrogen and oxygen atoms in total. The summed E-state index contributed by atoms with van der Waals surface area (Å²) in [6.45, 7) is 10.2. The molecule has 0 radical (unpaired) electrons. The Morgan fingerprint density at radius 3 is 2.62 bits per heavy atom. The average molecular weight is 388 g/mol. The highest BCUT2D eigenvalue weighted by atomic mass is 35.5. The molecule has 0 amide bonds. The van der Waals surface area contributed by atoms with Gasteiger partial charge in [-0.15, -0.1) is 0 Å². The number of fused-ring (bicyclic) bond motifs is 2. The van der Waals surface area contributed by atoms with Gasteiger partial charge in [-0.3, -0.25) is 4.90 Å². The normalized spacial score (nSPS) is 23.7. The summed E-state index contributed by atoms with van der Waals surface area (Å²) in [6, 6.07) is 14.9. The Balaban J connectivity index is 1.71. The molecule has 2 aromatic rings. The number of hydrogen-bond donors (Lipinski definition) is 1. The van der Waals surface area contributed by atoms with Crippen LogP contribution < -0.4 is 5.32 Å². The first kappa shape index (κ1) is 18.2. The molecular formula is C21H26ClN3S. The lowest BCUT2D eigenvalue weighted by atomic mass is 9.97. The van der Waals surface area contributed by atoms with Crippen molar-refractivity contribution in [2.45, 2.75) is 35.7 Å². The molecule has 1 saturated heterocycles. The van der Waals surface area contributed by atoms with Crippen LogP contribution in [0, 0.1) is 0 Å². The first-order valence-electron chi connectivity index (χ1n) is 9.42. The maximum Gasteiger partial charge on any atom is 0.115 e. The minimum absolute atomic E-state index is 0.238. The third kappa shape index (κ3) is 3.36. The molecule has 2 aliphatic rings. The zero-order chi connectivity index (χ0) is 18.1. The summed E-state index contributed by atoms with van der Waals surface area (Å²) in [5.74, 6) is 0. The quantitative estimate of drug-likeness (QED) is 0.787. The maximum absolute atomic E-state index is 6.30. The average Bonchev–Trinajstić information content (AvgIpc) is 2.77. The Labute approximate surface area is 165 Å². The SMILES string of the molecule is CCCN1CCN(C2(C)Nc3cc(Cl)ccc3Sc3ccccc32)CC1. The van der Waals surface area contributed by atoms with Crippen molar-refractivity contribution in [3.8, 4) is 0 Å². The van der Waals surface area contributed by atoms with Crippen molar-refractivity contribution in [3.63, 3.8) is 0 Å². The second kappa shape index (κ2) is 7.43. The van der Waals surface area contributed by atoms with E-state index in [-0.39, 0.29) is 5.66 Å². The van der Waals surface area contributed by atoms with Gasteiger partial charge in [0.25, 0.3) is 0 Å². The van der Waals surface area contributed by atoms with E-state index in [1.54, 1.807) is 0 Å². The van der Waals surface area contributed by atoms with Gasteiger partial charge in [-0.2, -0.15) is 0 Å². The largest absolute Gasteiger partial charge is 0.363 e. The van der Waals surface area contributed by atoms with Gasteiger partial charge in [0, 0.05) is 46.6 Å². The zero-order valence-electron chi connectivity index (χ0n) is 15.5. The monoisotopic (exact) mass is 387 g/mol. The van der Waals surface area contributed by atoms with Crippen LogP contribution in [0.5, 0.6) is 0 Å². The summed E-state index contributed by atoms with van der Waals surface area (Å²) in [4.78, 5) is 7.71. The van der Waals surface area contributed by atoms with Crippen molar-refractivity contribution in [2.75, 3.05) is 38.0 Å². The van der Waals surface area contributed by atoms with Crippen molar-refractivity contribution in [1.29, 1.82) is 0 Å². The molecule has 1 N–H and O–H groups in total. The van der Waals surface area contributed by atoms with E-state index in [9.17, 15) is 0 Å². The van der Waals surface area contributed by atoms with Crippen LogP contribution in [0.1, 0.15) is 25.8 Å². The molecule has 2 aliphatic heterocycles. The molecule has 2 heterocycles. The third-order valence-electron chi connectivity index (χ3n) is 5.50. The standard InChI is InChI=1S/C21H26ClN3S/c1-3-10-24-11-13-25(14-12-24)21(2)17-6-4-5-7-19(17)26-20-9-8-16(22)15-18(20)23-21/h4-9,15,23H,3,10-14H2,1-2H3. The van der Waals surface area contributed by atoms with E-state index in [2.05, 4.69) is 65.4 Å². The molecule has 0 bridgehead atoms. The Morgan fingerprint density at radius 1 is 1.08 bits per heavy atom. The number of nitrogens with zero attached hydrogens (tertiary/aromatic N) is 2. The van der Waals surface area contributed by atoms with Gasteiger partial charge in [-0.05, 0) is 44.2 Å². The van der Waals surface area contributed by atoms with E-state index in [1.165, 1.54) is 28.3 Å². The van der Waals surface area contributed by atoms with Crippen LogP contribution in [0.4, 0.5) is 5.69 Å². The smallest absolute Gasteiger partial charge is 0.115 e. The first-order valence-corrected chi connectivity index (χ1v) is 10.6. The van der Waals surface area contributed by atoms with Crippen LogP contribution >= 0.6 is 23.4 Å². The summed E-state index contributed by atoms with van der Waals surface area (Å²) in [7, 11) is 0. The van der Waals surface area contributed by atoms with Crippen LogP contribution in [0.2, 0.25) is 5.02 Å². The molecule has 5 heteroatoms. The maximum atomic E-state index is 6.30. The molecule has 0 spiro atoms. The Morgan fingerprint density at radius 2 is 1.85 bits per heavy atom. The second-order valence-corrected chi connectivity index (χ2v) is 8.78. The lowest BCUT2D eigenvalue weighted by Gasteiger charge is -2.47. The van der Waals surface area contributed by atoms with Gasteiger partial charge in [-0.1, -0.05) is 48.5 Å². The number of benzene rings is 2. The van der Waals surface area contributed by atoms with Crippen molar-refractivity contribution >= 4 is 29.1 Å². The molecule has 0 aliphatic carbocycles. The van der Waals surface area contributed by atoms with Crippen molar-refractivity contribution in [1.82, 2.24) is 9.80 Å². The molecule has 138 valence electrons. The van der Waals surface area contributed by atoms with Crippen LogP contribution in [0.3, 0.4) is 0 Å². The number of halogens is 1. The van der Waals surface area contributed by atoms with E-state index < -0.39 is 0 Å². The minimum Gasteiger partial charge on any atom is -0.363 e. The first-order chi connectivity index (χ1) is 12.6. The molecule has 0 saturated carbocycles. The summed E-state index contributed by atoms with van der Waals surface area (Å²) in [6.07, 6.45) is 1.22. The Bertz CT molecular complexity index is 789. The fraction of sp³-hybridized carbons (Fsp3) is 0.429. The van der Waals surface area contributed by atoms with E-state index >= 15 is 0 Å². The molecule has 1 unspecified atom stereocenters. The van der Waals surface area contributed by atoms with Gasteiger partial charge in [0.1, 0.15) is 5.66 Å². The van der Waals surface area contributed by atoms with Crippen LogP contribution in [-0.4, -0.2) is 42.5 Å². The topological polar surface area (TPSA) is 18.5 Å². The summed E-state index contributed by atoms with van der Waals surface area (Å²) < 4.78 is 0. The highest BCUT2D eigenvalue weighted by Gasteiger charge is 2.39. The summed E-state index contributed by atoms with van der Waals surface area (Å²) in [5, 5.41) is 4.63. The van der Waals surface area contributed by atoms with Crippen molar-refractivity contribution in [3.05, 3.63) is 53.1 Å². The molecule has 26 heavy (non-hydrogen) atoms. The molecule has 4 rings (SSSR count). The number of piperazine rings is 1. The summed E-state index contributed by atoms with van der Waals surface area (Å²) >= 11 is 8.13. The predicted molar refractivity (Wildman–Crippen MR) is 111 cm³/mol. The van der Waals surface area contributed by atoms with Gasteiger partial charge in [0.2, 0.25) is 0 Å². The molecular weight excluding hydrogens is 362 g/mol. The molecule has 0 aromatic heterocycles. The Kier molecular flexibility index (Phi) is 5.20. The van der Waals surface area contributed by atoms with Gasteiger partial charge in [-0.25, -0.2) is 0 Å². The van der Waals surface area contributed by atoms with Crippen LogP contribution in [0.25, 0.3) is 0 Å². The number of nitrogens with one attached hydrogen (secondary N) is 1. The lowest BCUT2D eigenvalue weighted by Crippen LogP contribution is -2.57. The highest BCUT2D eigenvalue weighted by Crippen LogP contribution is 2.46. The van der Waals surface area contributed by atoms with Crippen LogP contribution in [0.15, 0.2) is 52.3 Å². The summed E-state index contributed by atoms with van der Waals surface area (Å²) in [5.41, 5.74) is 2.23. The highest BCUT2D eigenvalue weighted by molar-refractivity contribution is 7.99. The number of rotatable bonds is 3. The van der Waals surface area contributed by atoms with Gasteiger partial charge in [0.15, 0.2) is 0 Å². The van der Waals surface area contributed by atoms with Gasteiger partial charge in [0.05, 0.1) is 5.69 Å². The fourth-order valence-electron chi connectivity index (χ4n) is 4.08. The van der Waals surface area contributed by atoms with E-state index in [0.717, 1.165) is 36.9 Å². The van der Waals surface area contributed by atoms with Crippen molar-refractivity contribution in [2.24, 2.45) is 0 Å². The third-order valence-corrected chi connectivity index (χ3v) is 6.88. The molecule has 2 aromatic carbocycles. The zero-order valence-corrected chi connectivity index (χ0v) is 17.0. The van der Waals surface area contributed by atoms with Gasteiger partial charge < -0.3 is 10.2 Å². The minimum atomic E-state index is -0.238. The van der Waals surface area contributed by atoms with Crippen LogP contribution in [-0.2, 0) is 5.66 Å². The Hall–Kier alpha value is -1.20.